The Morgan fingerprint density at radius 1 is 1.46 bits per heavy atom. The third-order valence-electron chi connectivity index (χ3n) is 2.44. The van der Waals surface area contributed by atoms with Crippen LogP contribution in [0.25, 0.3) is 0 Å². The molecule has 2 nitrogen and oxygen atoms in total. The highest BCUT2D eigenvalue weighted by Gasteiger charge is 2.13. The van der Waals surface area contributed by atoms with Crippen LogP contribution in [0, 0.1) is 0 Å². The van der Waals surface area contributed by atoms with E-state index in [2.05, 4.69) is 17.5 Å². The van der Waals surface area contributed by atoms with E-state index in [1.807, 2.05) is 13.8 Å². The Bertz CT molecular complexity index is 169. The molecule has 76 valence electrons. The summed E-state index contributed by atoms with van der Waals surface area (Å²) in [6, 6.07) is 0.632. The summed E-state index contributed by atoms with van der Waals surface area (Å²) < 4.78 is 0. The van der Waals surface area contributed by atoms with Gasteiger partial charge < -0.3 is 10.4 Å². The largest absolute Gasteiger partial charge is 0.390 e. The van der Waals surface area contributed by atoms with Crippen molar-refractivity contribution in [2.45, 2.75) is 51.2 Å². The third-order valence-corrected chi connectivity index (χ3v) is 2.44. The van der Waals surface area contributed by atoms with E-state index >= 15 is 0 Å². The van der Waals surface area contributed by atoms with Gasteiger partial charge >= 0.3 is 0 Å². The molecule has 0 aromatic heterocycles. The number of allylic oxidation sites excluding steroid dienone is 1. The molecule has 0 aromatic rings. The Morgan fingerprint density at radius 3 is 2.77 bits per heavy atom. The standard InChI is InChI=1S/C11H21NO/c1-11(2,13)8-9-12-10-6-4-3-5-7-10/h3-4,10,12-13H,5-9H2,1-2H3. The summed E-state index contributed by atoms with van der Waals surface area (Å²) >= 11 is 0. The second-order valence-electron chi connectivity index (χ2n) is 4.50. The molecule has 2 heteroatoms. The lowest BCUT2D eigenvalue weighted by molar-refractivity contribution is 0.0702. The van der Waals surface area contributed by atoms with Gasteiger partial charge in [0.25, 0.3) is 0 Å². The molecule has 1 atom stereocenters. The molecule has 0 saturated carbocycles. The van der Waals surface area contributed by atoms with Gasteiger partial charge in [0.15, 0.2) is 0 Å². The van der Waals surface area contributed by atoms with Gasteiger partial charge in [0, 0.05) is 6.04 Å². The zero-order chi connectivity index (χ0) is 9.73. The van der Waals surface area contributed by atoms with Crippen LogP contribution in [0.5, 0.6) is 0 Å². The van der Waals surface area contributed by atoms with Crippen molar-refractivity contribution in [2.75, 3.05) is 6.54 Å². The molecule has 1 aliphatic carbocycles. The molecule has 2 N–H and O–H groups in total. The minimum absolute atomic E-state index is 0.530. The van der Waals surface area contributed by atoms with Gasteiger partial charge in [-0.15, -0.1) is 0 Å². The first-order valence-electron chi connectivity index (χ1n) is 5.19. The lowest BCUT2D eigenvalue weighted by atomic mass is 10.0. The second kappa shape index (κ2) is 4.77. The summed E-state index contributed by atoms with van der Waals surface area (Å²) in [6.45, 7) is 4.63. The van der Waals surface area contributed by atoms with Crippen LogP contribution >= 0.6 is 0 Å². The van der Waals surface area contributed by atoms with Gasteiger partial charge in [0.05, 0.1) is 5.60 Å². The number of nitrogens with one attached hydrogen (secondary N) is 1. The van der Waals surface area contributed by atoms with Gasteiger partial charge in [-0.3, -0.25) is 0 Å². The molecule has 13 heavy (non-hydrogen) atoms. The Kier molecular flexibility index (Phi) is 3.94. The van der Waals surface area contributed by atoms with E-state index < -0.39 is 5.60 Å². The Labute approximate surface area is 81.0 Å². The van der Waals surface area contributed by atoms with Crippen LogP contribution in [0.15, 0.2) is 12.2 Å². The SMILES string of the molecule is CC(C)(O)CCNC1CC=CCC1. The summed E-state index contributed by atoms with van der Waals surface area (Å²) in [5.74, 6) is 0. The normalized spacial score (nSPS) is 23.5. The molecule has 0 bridgehead atoms. The van der Waals surface area contributed by atoms with Gasteiger partial charge in [0.1, 0.15) is 0 Å². The van der Waals surface area contributed by atoms with Crippen molar-refractivity contribution in [3.8, 4) is 0 Å². The van der Waals surface area contributed by atoms with Gasteiger partial charge in [-0.2, -0.15) is 0 Å². The summed E-state index contributed by atoms with van der Waals surface area (Å²) in [7, 11) is 0. The summed E-state index contributed by atoms with van der Waals surface area (Å²) in [6.07, 6.45) is 8.89. The lowest BCUT2D eigenvalue weighted by Crippen LogP contribution is -2.34. The summed E-state index contributed by atoms with van der Waals surface area (Å²) in [4.78, 5) is 0. The van der Waals surface area contributed by atoms with E-state index in [1.54, 1.807) is 0 Å². The van der Waals surface area contributed by atoms with Crippen LogP contribution in [0.1, 0.15) is 39.5 Å². The molecule has 1 rings (SSSR count). The van der Waals surface area contributed by atoms with Crippen molar-refractivity contribution in [1.29, 1.82) is 0 Å². The van der Waals surface area contributed by atoms with Crippen LogP contribution in [-0.4, -0.2) is 23.3 Å². The minimum atomic E-state index is -0.530. The zero-order valence-electron chi connectivity index (χ0n) is 8.71. The van der Waals surface area contributed by atoms with Crippen LogP contribution < -0.4 is 5.32 Å². The molecular weight excluding hydrogens is 162 g/mol. The Hall–Kier alpha value is -0.340. The molecule has 1 unspecified atom stereocenters. The van der Waals surface area contributed by atoms with Crippen LogP contribution in [0.4, 0.5) is 0 Å². The fraction of sp³-hybridized carbons (Fsp3) is 0.818. The van der Waals surface area contributed by atoms with Gasteiger partial charge in [-0.1, -0.05) is 12.2 Å². The van der Waals surface area contributed by atoms with Crippen molar-refractivity contribution >= 4 is 0 Å². The average Bonchev–Trinajstić information content (AvgIpc) is 2.04. The maximum atomic E-state index is 9.49. The first-order chi connectivity index (χ1) is 6.08. The van der Waals surface area contributed by atoms with E-state index in [1.165, 1.54) is 12.8 Å². The molecule has 1 aliphatic rings. The fourth-order valence-electron chi connectivity index (χ4n) is 1.56. The molecular formula is C11H21NO. The van der Waals surface area contributed by atoms with Crippen molar-refractivity contribution in [1.82, 2.24) is 5.32 Å². The zero-order valence-corrected chi connectivity index (χ0v) is 8.71. The molecule has 0 radical (unpaired) electrons. The Balaban J connectivity index is 2.09. The fourth-order valence-corrected chi connectivity index (χ4v) is 1.56. The smallest absolute Gasteiger partial charge is 0.0603 e. The van der Waals surface area contributed by atoms with Crippen molar-refractivity contribution in [2.24, 2.45) is 0 Å². The number of hydrogen-bond donors (Lipinski definition) is 2. The van der Waals surface area contributed by atoms with Crippen LogP contribution in [0.2, 0.25) is 0 Å². The summed E-state index contributed by atoms with van der Waals surface area (Å²) in [5, 5.41) is 13.0. The monoisotopic (exact) mass is 183 g/mol. The van der Waals surface area contributed by atoms with E-state index in [4.69, 9.17) is 0 Å². The maximum Gasteiger partial charge on any atom is 0.0603 e. The minimum Gasteiger partial charge on any atom is -0.390 e. The quantitative estimate of drug-likeness (QED) is 0.652. The van der Waals surface area contributed by atoms with E-state index in [0.717, 1.165) is 19.4 Å². The predicted molar refractivity (Wildman–Crippen MR) is 55.7 cm³/mol. The van der Waals surface area contributed by atoms with Crippen molar-refractivity contribution < 1.29 is 5.11 Å². The highest BCUT2D eigenvalue weighted by molar-refractivity contribution is 4.92. The molecule has 0 spiro atoms. The van der Waals surface area contributed by atoms with E-state index in [-0.39, 0.29) is 0 Å². The van der Waals surface area contributed by atoms with Crippen LogP contribution in [0.3, 0.4) is 0 Å². The second-order valence-corrected chi connectivity index (χ2v) is 4.50. The molecule has 0 fully saturated rings. The van der Waals surface area contributed by atoms with Gasteiger partial charge in [0.2, 0.25) is 0 Å². The molecule has 0 aromatic carbocycles. The highest BCUT2D eigenvalue weighted by Crippen LogP contribution is 2.11. The molecule has 0 heterocycles. The predicted octanol–water partition coefficient (Wildman–Crippen LogP) is 1.85. The van der Waals surface area contributed by atoms with E-state index in [0.29, 0.717) is 6.04 Å². The Morgan fingerprint density at radius 2 is 2.23 bits per heavy atom. The first kappa shape index (κ1) is 10.7. The van der Waals surface area contributed by atoms with Gasteiger partial charge in [-0.05, 0) is 46.1 Å². The molecule has 0 amide bonds. The topological polar surface area (TPSA) is 32.3 Å². The summed E-state index contributed by atoms with van der Waals surface area (Å²) in [5.41, 5.74) is -0.530. The molecule has 0 saturated heterocycles. The third kappa shape index (κ3) is 5.06. The van der Waals surface area contributed by atoms with Gasteiger partial charge in [-0.25, -0.2) is 0 Å². The highest BCUT2D eigenvalue weighted by atomic mass is 16.3. The number of hydrogen-bond acceptors (Lipinski definition) is 2. The lowest BCUT2D eigenvalue weighted by Gasteiger charge is -2.22. The average molecular weight is 183 g/mol. The first-order valence-corrected chi connectivity index (χ1v) is 5.19. The molecule has 0 aliphatic heterocycles. The maximum absolute atomic E-state index is 9.49. The number of aliphatic hydroxyl groups is 1. The number of rotatable bonds is 4. The van der Waals surface area contributed by atoms with Crippen molar-refractivity contribution in [3.05, 3.63) is 12.2 Å². The van der Waals surface area contributed by atoms with Crippen molar-refractivity contribution in [3.63, 3.8) is 0 Å². The van der Waals surface area contributed by atoms with E-state index in [9.17, 15) is 5.11 Å². The van der Waals surface area contributed by atoms with Crippen LogP contribution in [-0.2, 0) is 0 Å².